The maximum absolute atomic E-state index is 9.18. The molecule has 1 aliphatic heterocycles. The summed E-state index contributed by atoms with van der Waals surface area (Å²) in [4.78, 5) is 4.46. The Morgan fingerprint density at radius 2 is 2.28 bits per heavy atom. The van der Waals surface area contributed by atoms with Gasteiger partial charge in [0.1, 0.15) is 12.2 Å². The summed E-state index contributed by atoms with van der Waals surface area (Å²) in [6, 6.07) is 11.6. The number of para-hydroxylation sites is 1. The number of nitrogens with zero attached hydrogens (tertiary/aromatic N) is 2. The minimum Gasteiger partial charge on any atom is -0.473 e. The molecule has 1 fully saturated rings. The van der Waals surface area contributed by atoms with Gasteiger partial charge in [0, 0.05) is 17.2 Å². The molecule has 0 N–H and O–H groups in total. The van der Waals surface area contributed by atoms with E-state index in [0.717, 1.165) is 28.8 Å². The van der Waals surface area contributed by atoms with Crippen molar-refractivity contribution in [1.29, 1.82) is 5.26 Å². The van der Waals surface area contributed by atoms with E-state index in [4.69, 9.17) is 4.74 Å². The average Bonchev–Trinajstić information content (AvgIpc) is 2.90. The van der Waals surface area contributed by atoms with Crippen LogP contribution in [0.25, 0.3) is 10.9 Å². The minimum atomic E-state index is 0.232. The van der Waals surface area contributed by atoms with Crippen LogP contribution in [0.5, 0.6) is 5.88 Å². The van der Waals surface area contributed by atoms with Crippen LogP contribution < -0.4 is 4.74 Å². The van der Waals surface area contributed by atoms with Crippen molar-refractivity contribution in [2.45, 2.75) is 12.5 Å². The standard InChI is InChI=1S/C14H12N2OS/c15-8-10-7-14(17-11-5-6-18-9-11)16-13-4-2-1-3-12(10)13/h1-4,7,11H,5-6,9H2. The van der Waals surface area contributed by atoms with Crippen molar-refractivity contribution in [2.24, 2.45) is 0 Å². The zero-order valence-corrected chi connectivity index (χ0v) is 10.6. The molecule has 18 heavy (non-hydrogen) atoms. The number of pyridine rings is 1. The van der Waals surface area contributed by atoms with Crippen LogP contribution in [-0.4, -0.2) is 22.6 Å². The molecule has 1 aromatic heterocycles. The molecule has 0 amide bonds. The molecule has 1 saturated heterocycles. The summed E-state index contributed by atoms with van der Waals surface area (Å²) < 4.78 is 5.84. The Morgan fingerprint density at radius 3 is 3.06 bits per heavy atom. The summed E-state index contributed by atoms with van der Waals surface area (Å²) in [6.45, 7) is 0. The highest BCUT2D eigenvalue weighted by atomic mass is 32.2. The van der Waals surface area contributed by atoms with Gasteiger partial charge in [-0.15, -0.1) is 0 Å². The van der Waals surface area contributed by atoms with Crippen LogP contribution in [-0.2, 0) is 0 Å². The first kappa shape index (κ1) is 11.4. The molecule has 0 radical (unpaired) electrons. The third-order valence-electron chi connectivity index (χ3n) is 2.99. The molecule has 0 spiro atoms. The number of nitriles is 1. The first-order valence-corrected chi connectivity index (χ1v) is 7.06. The average molecular weight is 256 g/mol. The van der Waals surface area contributed by atoms with Crippen LogP contribution in [0.3, 0.4) is 0 Å². The Labute approximate surface area is 110 Å². The number of hydrogen-bond acceptors (Lipinski definition) is 4. The highest BCUT2D eigenvalue weighted by Crippen LogP contribution is 2.25. The number of fused-ring (bicyclic) bond motifs is 1. The second-order valence-electron chi connectivity index (χ2n) is 4.24. The van der Waals surface area contributed by atoms with E-state index in [1.165, 1.54) is 0 Å². The van der Waals surface area contributed by atoms with Crippen LogP contribution >= 0.6 is 11.8 Å². The van der Waals surface area contributed by atoms with Gasteiger partial charge in [-0.25, -0.2) is 4.98 Å². The topological polar surface area (TPSA) is 45.9 Å². The largest absolute Gasteiger partial charge is 0.473 e. The highest BCUT2D eigenvalue weighted by Gasteiger charge is 2.18. The number of rotatable bonds is 2. The summed E-state index contributed by atoms with van der Waals surface area (Å²) in [5.74, 6) is 2.72. The molecule has 3 rings (SSSR count). The Balaban J connectivity index is 2.00. The molecule has 1 aromatic carbocycles. The summed E-state index contributed by atoms with van der Waals surface area (Å²) >= 11 is 1.90. The van der Waals surface area contributed by atoms with E-state index in [2.05, 4.69) is 11.1 Å². The van der Waals surface area contributed by atoms with Gasteiger partial charge in [-0.2, -0.15) is 17.0 Å². The normalized spacial score (nSPS) is 18.7. The van der Waals surface area contributed by atoms with Crippen LogP contribution in [0.2, 0.25) is 0 Å². The minimum absolute atomic E-state index is 0.232. The van der Waals surface area contributed by atoms with Gasteiger partial charge >= 0.3 is 0 Å². The molecule has 4 heteroatoms. The fourth-order valence-electron chi connectivity index (χ4n) is 2.08. The van der Waals surface area contributed by atoms with Crippen molar-refractivity contribution in [3.63, 3.8) is 0 Å². The molecule has 0 saturated carbocycles. The van der Waals surface area contributed by atoms with Crippen LogP contribution in [0.1, 0.15) is 12.0 Å². The van der Waals surface area contributed by atoms with Gasteiger partial charge in [0.05, 0.1) is 11.1 Å². The molecular formula is C14H12N2OS. The summed E-state index contributed by atoms with van der Waals surface area (Å²) in [6.07, 6.45) is 1.29. The third kappa shape index (κ3) is 2.14. The summed E-state index contributed by atoms with van der Waals surface area (Å²) in [7, 11) is 0. The second-order valence-corrected chi connectivity index (χ2v) is 5.39. The molecule has 3 nitrogen and oxygen atoms in total. The predicted octanol–water partition coefficient (Wildman–Crippen LogP) is 2.99. The van der Waals surface area contributed by atoms with Gasteiger partial charge in [0.25, 0.3) is 0 Å². The lowest BCUT2D eigenvalue weighted by Gasteiger charge is -2.12. The van der Waals surface area contributed by atoms with Crippen molar-refractivity contribution in [2.75, 3.05) is 11.5 Å². The lowest BCUT2D eigenvalue weighted by molar-refractivity contribution is 0.221. The van der Waals surface area contributed by atoms with Crippen LogP contribution in [0.15, 0.2) is 30.3 Å². The van der Waals surface area contributed by atoms with E-state index in [1.807, 2.05) is 36.0 Å². The van der Waals surface area contributed by atoms with Gasteiger partial charge in [-0.1, -0.05) is 18.2 Å². The number of thioether (sulfide) groups is 1. The first-order valence-electron chi connectivity index (χ1n) is 5.91. The molecule has 90 valence electrons. The Bertz CT molecular complexity index is 615. The number of hydrogen-bond donors (Lipinski definition) is 0. The van der Waals surface area contributed by atoms with Gasteiger partial charge < -0.3 is 4.74 Å². The number of aromatic nitrogens is 1. The molecule has 0 aliphatic carbocycles. The smallest absolute Gasteiger partial charge is 0.215 e. The monoisotopic (exact) mass is 256 g/mol. The zero-order valence-electron chi connectivity index (χ0n) is 9.80. The lowest BCUT2D eigenvalue weighted by Crippen LogP contribution is -2.15. The summed E-state index contributed by atoms with van der Waals surface area (Å²) in [5, 5.41) is 10.1. The van der Waals surface area contributed by atoms with E-state index in [1.54, 1.807) is 6.07 Å². The fraction of sp³-hybridized carbons (Fsp3) is 0.286. The van der Waals surface area contributed by atoms with Gasteiger partial charge in [0.2, 0.25) is 5.88 Å². The van der Waals surface area contributed by atoms with Crippen LogP contribution in [0, 0.1) is 11.3 Å². The van der Waals surface area contributed by atoms with Crippen molar-refractivity contribution in [1.82, 2.24) is 4.98 Å². The second kappa shape index (κ2) is 4.87. The maximum atomic E-state index is 9.18. The highest BCUT2D eigenvalue weighted by molar-refractivity contribution is 7.99. The van der Waals surface area contributed by atoms with Gasteiger partial charge in [-0.3, -0.25) is 0 Å². The Kier molecular flexibility index (Phi) is 3.07. The fourth-order valence-corrected chi connectivity index (χ4v) is 3.17. The Morgan fingerprint density at radius 1 is 1.39 bits per heavy atom. The van der Waals surface area contributed by atoms with Crippen molar-refractivity contribution in [3.8, 4) is 11.9 Å². The van der Waals surface area contributed by atoms with Crippen molar-refractivity contribution < 1.29 is 4.74 Å². The number of ether oxygens (including phenoxy) is 1. The molecule has 2 heterocycles. The Hall–Kier alpha value is -1.73. The van der Waals surface area contributed by atoms with E-state index in [-0.39, 0.29) is 6.10 Å². The van der Waals surface area contributed by atoms with E-state index >= 15 is 0 Å². The molecule has 1 aliphatic rings. The zero-order chi connectivity index (χ0) is 12.4. The molecule has 1 unspecified atom stereocenters. The summed E-state index contributed by atoms with van der Waals surface area (Å²) in [5.41, 5.74) is 1.44. The molecular weight excluding hydrogens is 244 g/mol. The van der Waals surface area contributed by atoms with E-state index < -0.39 is 0 Å². The third-order valence-corrected chi connectivity index (χ3v) is 4.12. The quantitative estimate of drug-likeness (QED) is 0.828. The van der Waals surface area contributed by atoms with Crippen LogP contribution in [0.4, 0.5) is 0 Å². The first-order chi connectivity index (χ1) is 8.86. The maximum Gasteiger partial charge on any atom is 0.215 e. The van der Waals surface area contributed by atoms with E-state index in [9.17, 15) is 5.26 Å². The van der Waals surface area contributed by atoms with Crippen molar-refractivity contribution in [3.05, 3.63) is 35.9 Å². The predicted molar refractivity (Wildman–Crippen MR) is 72.8 cm³/mol. The van der Waals surface area contributed by atoms with Gasteiger partial charge in [0.15, 0.2) is 0 Å². The molecule has 0 bridgehead atoms. The SMILES string of the molecule is N#Cc1cc(OC2CCSC2)nc2ccccc12. The van der Waals surface area contributed by atoms with Gasteiger partial charge in [-0.05, 0) is 18.2 Å². The van der Waals surface area contributed by atoms with Crippen molar-refractivity contribution >= 4 is 22.7 Å². The molecule has 1 atom stereocenters. The molecule has 2 aromatic rings. The lowest BCUT2D eigenvalue weighted by atomic mass is 10.1. The number of benzene rings is 1. The van der Waals surface area contributed by atoms with E-state index in [0.29, 0.717) is 11.4 Å².